The summed E-state index contributed by atoms with van der Waals surface area (Å²) in [7, 11) is 1.67. The molecule has 0 atom stereocenters. The van der Waals surface area contributed by atoms with Gasteiger partial charge in [-0.25, -0.2) is 9.59 Å². The van der Waals surface area contributed by atoms with Gasteiger partial charge in [-0.15, -0.1) is 0 Å². The number of hydrogen-bond acceptors (Lipinski definition) is 6. The SMILES string of the molecule is COc1cccc(OCCCCCCN2CCOCC2)c1.O=C(O)C(=O)O. The quantitative estimate of drug-likeness (QED) is 0.493. The fraction of sp³-hybridized carbons (Fsp3) is 0.579. The van der Waals surface area contributed by atoms with E-state index in [1.54, 1.807) is 7.11 Å². The second-order valence-electron chi connectivity index (χ2n) is 6.01. The van der Waals surface area contributed by atoms with Crippen LogP contribution in [0, 0.1) is 0 Å². The molecule has 0 radical (unpaired) electrons. The van der Waals surface area contributed by atoms with Gasteiger partial charge in [-0.2, -0.15) is 0 Å². The number of unbranched alkanes of at least 4 members (excludes halogenated alkanes) is 3. The number of rotatable bonds is 9. The molecule has 2 rings (SSSR count). The second kappa shape index (κ2) is 13.8. The van der Waals surface area contributed by atoms with Crippen molar-refractivity contribution in [2.45, 2.75) is 25.7 Å². The van der Waals surface area contributed by atoms with Crippen molar-refractivity contribution < 1.29 is 34.0 Å². The van der Waals surface area contributed by atoms with E-state index in [2.05, 4.69) is 4.90 Å². The van der Waals surface area contributed by atoms with E-state index in [9.17, 15) is 0 Å². The van der Waals surface area contributed by atoms with Crippen LogP contribution in [0.2, 0.25) is 0 Å². The standard InChI is InChI=1S/C17H27NO3.C2H2O4/c1-19-16-7-6-8-17(15-16)21-12-5-3-2-4-9-18-10-13-20-14-11-18;3-1(4)2(5)6/h6-8,15H,2-5,9-14H2,1H3;(H,3,4)(H,5,6). The Morgan fingerprint density at radius 2 is 1.67 bits per heavy atom. The summed E-state index contributed by atoms with van der Waals surface area (Å²) in [5.41, 5.74) is 0. The van der Waals surface area contributed by atoms with Gasteiger partial charge in [0.1, 0.15) is 11.5 Å². The Bertz CT molecular complexity index is 547. The van der Waals surface area contributed by atoms with Crippen LogP contribution in [-0.4, -0.2) is 73.6 Å². The molecule has 1 aliphatic rings. The number of methoxy groups -OCH3 is 1. The fourth-order valence-corrected chi connectivity index (χ4v) is 2.50. The molecule has 0 aliphatic carbocycles. The Kier molecular flexibility index (Phi) is 11.6. The number of carbonyl (C=O) groups is 2. The molecule has 1 saturated heterocycles. The minimum absolute atomic E-state index is 0.782. The maximum atomic E-state index is 9.10. The van der Waals surface area contributed by atoms with Crippen LogP contribution >= 0.6 is 0 Å². The van der Waals surface area contributed by atoms with Crippen LogP contribution < -0.4 is 9.47 Å². The topological polar surface area (TPSA) is 106 Å². The average Bonchev–Trinajstić information content (AvgIpc) is 2.68. The monoisotopic (exact) mass is 383 g/mol. The molecule has 152 valence electrons. The van der Waals surface area contributed by atoms with Crippen molar-refractivity contribution in [3.63, 3.8) is 0 Å². The van der Waals surface area contributed by atoms with Crippen molar-refractivity contribution >= 4 is 11.9 Å². The largest absolute Gasteiger partial charge is 0.497 e. The van der Waals surface area contributed by atoms with Crippen molar-refractivity contribution in [2.24, 2.45) is 0 Å². The molecular weight excluding hydrogens is 354 g/mol. The van der Waals surface area contributed by atoms with Crippen molar-refractivity contribution in [1.29, 1.82) is 0 Å². The van der Waals surface area contributed by atoms with Crippen molar-refractivity contribution in [3.05, 3.63) is 24.3 Å². The molecule has 0 spiro atoms. The molecule has 1 aliphatic heterocycles. The lowest BCUT2D eigenvalue weighted by Gasteiger charge is -2.26. The highest BCUT2D eigenvalue weighted by Gasteiger charge is 2.08. The molecule has 1 aromatic rings. The highest BCUT2D eigenvalue weighted by molar-refractivity contribution is 6.27. The molecular formula is C19H29NO7. The van der Waals surface area contributed by atoms with E-state index in [-0.39, 0.29) is 0 Å². The zero-order valence-electron chi connectivity index (χ0n) is 15.8. The van der Waals surface area contributed by atoms with Gasteiger partial charge >= 0.3 is 11.9 Å². The maximum absolute atomic E-state index is 9.10. The lowest BCUT2D eigenvalue weighted by molar-refractivity contribution is -0.159. The molecule has 1 heterocycles. The molecule has 0 bridgehead atoms. The third-order valence-corrected chi connectivity index (χ3v) is 3.97. The van der Waals surface area contributed by atoms with Crippen LogP contribution in [-0.2, 0) is 14.3 Å². The summed E-state index contributed by atoms with van der Waals surface area (Å²) in [6.45, 7) is 5.98. The third kappa shape index (κ3) is 11.1. The Morgan fingerprint density at radius 3 is 2.30 bits per heavy atom. The van der Waals surface area contributed by atoms with E-state index in [0.29, 0.717) is 0 Å². The van der Waals surface area contributed by atoms with Crippen molar-refractivity contribution in [3.8, 4) is 11.5 Å². The number of nitrogens with zero attached hydrogens (tertiary/aromatic N) is 1. The van der Waals surface area contributed by atoms with E-state index >= 15 is 0 Å². The first kappa shape index (κ1) is 22.7. The zero-order chi connectivity index (χ0) is 19.9. The molecule has 0 saturated carbocycles. The number of hydrogen-bond donors (Lipinski definition) is 2. The Hall–Kier alpha value is -2.32. The van der Waals surface area contributed by atoms with Gasteiger partial charge in [0, 0.05) is 19.2 Å². The summed E-state index contributed by atoms with van der Waals surface area (Å²) in [6.07, 6.45) is 4.90. The van der Waals surface area contributed by atoms with Crippen LogP contribution in [0.4, 0.5) is 0 Å². The first-order valence-electron chi connectivity index (χ1n) is 9.06. The van der Waals surface area contributed by atoms with Gasteiger partial charge in [-0.05, 0) is 31.5 Å². The molecule has 0 amide bonds. The Labute approximate surface area is 159 Å². The smallest absolute Gasteiger partial charge is 0.414 e. The molecule has 8 heteroatoms. The van der Waals surface area contributed by atoms with Crippen LogP contribution in [0.15, 0.2) is 24.3 Å². The predicted molar refractivity (Wildman–Crippen MR) is 99.5 cm³/mol. The molecule has 1 aromatic carbocycles. The molecule has 2 N–H and O–H groups in total. The fourth-order valence-electron chi connectivity index (χ4n) is 2.50. The van der Waals surface area contributed by atoms with Gasteiger partial charge in [0.2, 0.25) is 0 Å². The van der Waals surface area contributed by atoms with Gasteiger partial charge in [0.15, 0.2) is 0 Å². The summed E-state index contributed by atoms with van der Waals surface area (Å²) >= 11 is 0. The highest BCUT2D eigenvalue weighted by atomic mass is 16.5. The van der Waals surface area contributed by atoms with Gasteiger partial charge < -0.3 is 24.4 Å². The summed E-state index contributed by atoms with van der Waals surface area (Å²) in [5, 5.41) is 14.8. The lowest BCUT2D eigenvalue weighted by Crippen LogP contribution is -2.36. The normalized spacial score (nSPS) is 14.0. The molecule has 1 fully saturated rings. The molecule has 8 nitrogen and oxygen atoms in total. The Balaban J connectivity index is 0.000000527. The zero-order valence-corrected chi connectivity index (χ0v) is 15.8. The first-order valence-corrected chi connectivity index (χ1v) is 9.06. The number of ether oxygens (including phenoxy) is 3. The summed E-state index contributed by atoms with van der Waals surface area (Å²) in [5.74, 6) is -1.91. The maximum Gasteiger partial charge on any atom is 0.414 e. The van der Waals surface area contributed by atoms with E-state index in [1.807, 2.05) is 24.3 Å². The van der Waals surface area contributed by atoms with Gasteiger partial charge in [0.25, 0.3) is 0 Å². The summed E-state index contributed by atoms with van der Waals surface area (Å²) in [6, 6.07) is 7.79. The van der Waals surface area contributed by atoms with E-state index in [0.717, 1.165) is 50.8 Å². The summed E-state index contributed by atoms with van der Waals surface area (Å²) in [4.78, 5) is 20.7. The van der Waals surface area contributed by atoms with Crippen LogP contribution in [0.3, 0.4) is 0 Å². The van der Waals surface area contributed by atoms with Crippen LogP contribution in [0.5, 0.6) is 11.5 Å². The lowest BCUT2D eigenvalue weighted by atomic mass is 10.2. The first-order chi connectivity index (χ1) is 13.0. The van der Waals surface area contributed by atoms with Crippen LogP contribution in [0.25, 0.3) is 0 Å². The van der Waals surface area contributed by atoms with Gasteiger partial charge in [0.05, 0.1) is 26.9 Å². The molecule has 27 heavy (non-hydrogen) atoms. The third-order valence-electron chi connectivity index (χ3n) is 3.97. The average molecular weight is 383 g/mol. The number of morpholine rings is 1. The summed E-state index contributed by atoms with van der Waals surface area (Å²) < 4.78 is 16.3. The minimum atomic E-state index is -1.82. The van der Waals surface area contributed by atoms with Gasteiger partial charge in [-0.1, -0.05) is 18.9 Å². The number of benzene rings is 1. The minimum Gasteiger partial charge on any atom is -0.497 e. The van der Waals surface area contributed by atoms with Gasteiger partial charge in [-0.3, -0.25) is 4.90 Å². The van der Waals surface area contributed by atoms with E-state index in [4.69, 9.17) is 34.0 Å². The number of carboxylic acid groups (broad SMARTS) is 2. The molecule has 0 aromatic heterocycles. The predicted octanol–water partition coefficient (Wildman–Crippen LogP) is 2.12. The second-order valence-corrected chi connectivity index (χ2v) is 6.01. The highest BCUT2D eigenvalue weighted by Crippen LogP contribution is 2.19. The van der Waals surface area contributed by atoms with E-state index in [1.165, 1.54) is 25.8 Å². The van der Waals surface area contributed by atoms with Crippen molar-refractivity contribution in [1.82, 2.24) is 4.90 Å². The van der Waals surface area contributed by atoms with Crippen molar-refractivity contribution in [2.75, 3.05) is 46.6 Å². The number of carboxylic acids is 2. The molecule has 0 unspecified atom stereocenters. The van der Waals surface area contributed by atoms with E-state index < -0.39 is 11.9 Å². The number of aliphatic carboxylic acids is 2. The van der Waals surface area contributed by atoms with Crippen LogP contribution in [0.1, 0.15) is 25.7 Å². The Morgan fingerprint density at radius 1 is 1.04 bits per heavy atom.